The number of hydrogen-bond acceptors (Lipinski definition) is 2. The Morgan fingerprint density at radius 2 is 2.00 bits per heavy atom. The molecule has 1 aromatic carbocycles. The van der Waals surface area contributed by atoms with E-state index >= 15 is 0 Å². The molecule has 0 atom stereocenters. The van der Waals surface area contributed by atoms with Crippen molar-refractivity contribution >= 4 is 23.2 Å². The first-order valence-corrected chi connectivity index (χ1v) is 6.82. The van der Waals surface area contributed by atoms with Crippen LogP contribution in [0.2, 0.25) is 5.02 Å². The molecule has 4 N–H and O–H groups in total. The molecule has 0 aliphatic heterocycles. The number of halogens is 2. The average Bonchev–Trinajstić information content (AvgIpc) is 2.38. The van der Waals surface area contributed by atoms with Crippen LogP contribution < -0.4 is 16.6 Å². The van der Waals surface area contributed by atoms with Crippen molar-refractivity contribution in [3.05, 3.63) is 29.0 Å². The molecule has 0 radical (unpaired) electrons. The monoisotopic (exact) mass is 284 g/mol. The fourth-order valence-corrected chi connectivity index (χ4v) is 2.48. The lowest BCUT2D eigenvalue weighted by Crippen LogP contribution is -2.37. The van der Waals surface area contributed by atoms with Gasteiger partial charge >= 0.3 is 0 Å². The summed E-state index contributed by atoms with van der Waals surface area (Å²) in [4.78, 5) is 4.51. The van der Waals surface area contributed by atoms with Crippen molar-refractivity contribution in [2.24, 2.45) is 10.8 Å². The second-order valence-electron chi connectivity index (χ2n) is 4.70. The minimum Gasteiger partial charge on any atom is -0.325 e. The lowest BCUT2D eigenvalue weighted by molar-refractivity contribution is 0.442. The normalized spacial score (nSPS) is 17.3. The van der Waals surface area contributed by atoms with Gasteiger partial charge in [-0.2, -0.15) is 0 Å². The zero-order chi connectivity index (χ0) is 13.7. The van der Waals surface area contributed by atoms with E-state index in [0.717, 1.165) is 12.8 Å². The van der Waals surface area contributed by atoms with E-state index in [1.165, 1.54) is 31.4 Å². The molecule has 1 aromatic rings. The molecule has 0 amide bonds. The second kappa shape index (κ2) is 6.73. The van der Waals surface area contributed by atoms with Crippen LogP contribution in [0.1, 0.15) is 32.1 Å². The summed E-state index contributed by atoms with van der Waals surface area (Å²) in [7, 11) is 0. The molecule has 104 valence electrons. The highest BCUT2D eigenvalue weighted by Gasteiger charge is 2.13. The topological polar surface area (TPSA) is 62.4 Å². The molecular formula is C13H18ClFN4. The molecule has 1 fully saturated rings. The molecule has 6 heteroatoms. The fraction of sp³-hybridized carbons (Fsp3) is 0.462. The highest BCUT2D eigenvalue weighted by Crippen LogP contribution is 2.21. The van der Waals surface area contributed by atoms with E-state index in [0.29, 0.717) is 16.7 Å². The summed E-state index contributed by atoms with van der Waals surface area (Å²) in [5, 5.41) is 3.28. The van der Waals surface area contributed by atoms with Crippen LogP contribution in [0.15, 0.2) is 23.2 Å². The zero-order valence-electron chi connectivity index (χ0n) is 10.6. The van der Waals surface area contributed by atoms with Gasteiger partial charge in [0.15, 0.2) is 0 Å². The number of hydrogen-bond donors (Lipinski definition) is 3. The molecule has 0 aromatic heterocycles. The van der Waals surface area contributed by atoms with Crippen molar-refractivity contribution in [2.45, 2.75) is 38.1 Å². The predicted molar refractivity (Wildman–Crippen MR) is 76.7 cm³/mol. The Morgan fingerprint density at radius 3 is 2.63 bits per heavy atom. The van der Waals surface area contributed by atoms with E-state index in [1.807, 2.05) is 0 Å². The van der Waals surface area contributed by atoms with Crippen LogP contribution in [0, 0.1) is 5.82 Å². The van der Waals surface area contributed by atoms with E-state index < -0.39 is 5.82 Å². The van der Waals surface area contributed by atoms with Crippen LogP contribution in [0.5, 0.6) is 0 Å². The third kappa shape index (κ3) is 4.36. The molecule has 0 heterocycles. The number of aliphatic imine (C=N–C) groups is 1. The van der Waals surface area contributed by atoms with Gasteiger partial charge in [-0.25, -0.2) is 15.2 Å². The molecule has 2 rings (SSSR count). The van der Waals surface area contributed by atoms with Gasteiger partial charge in [-0.05, 0) is 31.0 Å². The second-order valence-corrected chi connectivity index (χ2v) is 5.13. The Balaban J connectivity index is 2.07. The van der Waals surface area contributed by atoms with E-state index in [2.05, 4.69) is 15.7 Å². The van der Waals surface area contributed by atoms with E-state index in [1.54, 1.807) is 6.07 Å². The van der Waals surface area contributed by atoms with Crippen LogP contribution in [-0.2, 0) is 0 Å². The van der Waals surface area contributed by atoms with Gasteiger partial charge in [0.1, 0.15) is 5.82 Å². The van der Waals surface area contributed by atoms with Crippen molar-refractivity contribution in [2.75, 3.05) is 5.32 Å². The minimum absolute atomic E-state index is 0.274. The first-order chi connectivity index (χ1) is 9.17. The summed E-state index contributed by atoms with van der Waals surface area (Å²) in [5.74, 6) is 5.48. The zero-order valence-corrected chi connectivity index (χ0v) is 11.4. The maximum Gasteiger partial charge on any atom is 0.210 e. The molecule has 19 heavy (non-hydrogen) atoms. The summed E-state index contributed by atoms with van der Waals surface area (Å²) in [6.45, 7) is 0. The summed E-state index contributed by atoms with van der Waals surface area (Å²) in [6, 6.07) is 4.50. The van der Waals surface area contributed by atoms with Crippen LogP contribution >= 0.6 is 11.6 Å². The van der Waals surface area contributed by atoms with Gasteiger partial charge in [-0.3, -0.25) is 5.43 Å². The van der Waals surface area contributed by atoms with Crippen molar-refractivity contribution in [1.29, 1.82) is 0 Å². The Hall–Kier alpha value is -1.33. The number of guanidine groups is 1. The Labute approximate surface area is 117 Å². The summed E-state index contributed by atoms with van der Waals surface area (Å²) < 4.78 is 13.2. The van der Waals surface area contributed by atoms with E-state index in [-0.39, 0.29) is 6.04 Å². The number of anilines is 1. The van der Waals surface area contributed by atoms with Gasteiger partial charge in [0.05, 0.1) is 6.04 Å². The minimum atomic E-state index is -0.399. The summed E-state index contributed by atoms with van der Waals surface area (Å²) in [5.41, 5.74) is 3.04. The molecule has 1 saturated carbocycles. The van der Waals surface area contributed by atoms with Crippen LogP contribution in [-0.4, -0.2) is 12.0 Å². The Morgan fingerprint density at radius 1 is 1.26 bits per heavy atom. The number of nitrogens with one attached hydrogen (secondary N) is 2. The van der Waals surface area contributed by atoms with Gasteiger partial charge in [0.2, 0.25) is 5.96 Å². The SMILES string of the molecule is NNC(=NC1CCCCC1)Nc1cc(F)cc(Cl)c1. The third-order valence-corrected chi connectivity index (χ3v) is 3.37. The molecule has 0 spiro atoms. The lowest BCUT2D eigenvalue weighted by Gasteiger charge is -2.19. The van der Waals surface area contributed by atoms with Crippen LogP contribution in [0.4, 0.5) is 10.1 Å². The van der Waals surface area contributed by atoms with Gasteiger partial charge in [0.25, 0.3) is 0 Å². The first-order valence-electron chi connectivity index (χ1n) is 6.45. The molecule has 1 aliphatic rings. The molecule has 4 nitrogen and oxygen atoms in total. The first kappa shape index (κ1) is 14.1. The summed E-state index contributed by atoms with van der Waals surface area (Å²) in [6.07, 6.45) is 5.79. The molecular weight excluding hydrogens is 267 g/mol. The Bertz CT molecular complexity index is 438. The largest absolute Gasteiger partial charge is 0.325 e. The van der Waals surface area contributed by atoms with Crippen molar-refractivity contribution in [3.8, 4) is 0 Å². The van der Waals surface area contributed by atoms with E-state index in [9.17, 15) is 4.39 Å². The van der Waals surface area contributed by atoms with Gasteiger partial charge in [0, 0.05) is 10.7 Å². The maximum absolute atomic E-state index is 13.2. The smallest absolute Gasteiger partial charge is 0.210 e. The molecule has 0 bridgehead atoms. The number of hydrazine groups is 1. The van der Waals surface area contributed by atoms with Crippen molar-refractivity contribution < 1.29 is 4.39 Å². The number of rotatable bonds is 2. The quantitative estimate of drug-likeness (QED) is 0.338. The number of nitrogens with zero attached hydrogens (tertiary/aromatic N) is 1. The summed E-state index contributed by atoms with van der Waals surface area (Å²) >= 11 is 5.80. The van der Waals surface area contributed by atoms with Crippen molar-refractivity contribution in [3.63, 3.8) is 0 Å². The molecule has 1 aliphatic carbocycles. The van der Waals surface area contributed by atoms with Gasteiger partial charge < -0.3 is 5.32 Å². The van der Waals surface area contributed by atoms with E-state index in [4.69, 9.17) is 17.4 Å². The molecule has 0 unspecified atom stereocenters. The highest BCUT2D eigenvalue weighted by atomic mass is 35.5. The van der Waals surface area contributed by atoms with Crippen molar-refractivity contribution in [1.82, 2.24) is 5.43 Å². The maximum atomic E-state index is 13.2. The number of benzene rings is 1. The third-order valence-electron chi connectivity index (χ3n) is 3.15. The van der Waals surface area contributed by atoms with Gasteiger partial charge in [-0.15, -0.1) is 0 Å². The van der Waals surface area contributed by atoms with Crippen LogP contribution in [0.25, 0.3) is 0 Å². The highest BCUT2D eigenvalue weighted by molar-refractivity contribution is 6.30. The lowest BCUT2D eigenvalue weighted by atomic mass is 9.96. The van der Waals surface area contributed by atoms with Gasteiger partial charge in [-0.1, -0.05) is 30.9 Å². The fourth-order valence-electron chi connectivity index (χ4n) is 2.26. The van der Waals surface area contributed by atoms with Crippen LogP contribution in [0.3, 0.4) is 0 Å². The Kier molecular flexibility index (Phi) is 4.99. The average molecular weight is 285 g/mol. The predicted octanol–water partition coefficient (Wildman–Crippen LogP) is 3.04. The standard InChI is InChI=1S/C13H18ClFN4/c14-9-6-10(15)8-12(7-9)18-13(19-16)17-11-4-2-1-3-5-11/h6-8,11H,1-5,16H2,(H2,17,18,19). The molecule has 0 saturated heterocycles. The number of nitrogens with two attached hydrogens (primary N) is 1.